The Bertz CT molecular complexity index is 656. The van der Waals surface area contributed by atoms with E-state index in [2.05, 4.69) is 0 Å². The van der Waals surface area contributed by atoms with Crippen molar-refractivity contribution in [2.45, 2.75) is 69.5 Å². The van der Waals surface area contributed by atoms with Crippen molar-refractivity contribution < 1.29 is 43.9 Å². The number of ether oxygens (including phenoxy) is 4. The number of hydrogen-bond donors (Lipinski definition) is 3. The van der Waals surface area contributed by atoms with E-state index in [1.54, 1.807) is 20.8 Å². The topological polar surface area (TPSA) is 135 Å². The second kappa shape index (κ2) is 7.75. The third-order valence-corrected chi connectivity index (χ3v) is 6.66. The van der Waals surface area contributed by atoms with Crippen LogP contribution in [0.5, 0.6) is 0 Å². The lowest BCUT2D eigenvalue weighted by Gasteiger charge is -2.49. The summed E-state index contributed by atoms with van der Waals surface area (Å²) in [7, 11) is 2.65. The molecule has 3 rings (SSSR count). The molecule has 0 spiro atoms. The number of methoxy groups -OCH3 is 2. The number of aliphatic hydroxyl groups is 3. The van der Waals surface area contributed by atoms with Crippen molar-refractivity contribution >= 4 is 11.9 Å². The Kier molecular flexibility index (Phi) is 5.98. The first-order chi connectivity index (χ1) is 13.5. The molecule has 3 aliphatic heterocycles. The van der Waals surface area contributed by atoms with Crippen molar-refractivity contribution in [3.05, 3.63) is 0 Å². The second-order valence-electron chi connectivity index (χ2n) is 8.74. The molecule has 0 aromatic heterocycles. The molecule has 1 amide bonds. The van der Waals surface area contributed by atoms with Crippen LogP contribution in [0.3, 0.4) is 0 Å². The number of carbonyl (C=O) groups is 2. The zero-order valence-corrected chi connectivity index (χ0v) is 17.4. The van der Waals surface area contributed by atoms with Gasteiger partial charge in [-0.25, -0.2) is 0 Å². The third-order valence-electron chi connectivity index (χ3n) is 6.66. The molecule has 0 radical (unpaired) electrons. The smallest absolute Gasteiger partial charge is 0.305 e. The first-order valence-electron chi connectivity index (χ1n) is 9.73. The normalized spacial score (nSPS) is 40.3. The van der Waals surface area contributed by atoms with Gasteiger partial charge in [0.1, 0.15) is 18.3 Å². The number of esters is 1. The molecule has 0 aromatic carbocycles. The predicted molar refractivity (Wildman–Crippen MR) is 97.5 cm³/mol. The second-order valence-corrected chi connectivity index (χ2v) is 8.74. The number of nitrogens with zero attached hydrogens (tertiary/aromatic N) is 1. The molecule has 3 heterocycles. The van der Waals surface area contributed by atoms with Gasteiger partial charge in [0.2, 0.25) is 0 Å². The fourth-order valence-corrected chi connectivity index (χ4v) is 5.05. The van der Waals surface area contributed by atoms with Crippen LogP contribution in [0.1, 0.15) is 27.2 Å². The van der Waals surface area contributed by atoms with E-state index in [-0.39, 0.29) is 25.5 Å². The summed E-state index contributed by atoms with van der Waals surface area (Å²) in [4.78, 5) is 26.2. The summed E-state index contributed by atoms with van der Waals surface area (Å²) in [5.41, 5.74) is -0.930. The zero-order valence-electron chi connectivity index (χ0n) is 17.4. The maximum Gasteiger partial charge on any atom is 0.305 e. The molecular formula is C19H31NO9. The van der Waals surface area contributed by atoms with Crippen molar-refractivity contribution in [3.8, 4) is 0 Å². The van der Waals surface area contributed by atoms with E-state index in [9.17, 15) is 24.9 Å². The lowest BCUT2D eigenvalue weighted by atomic mass is 9.68. The Morgan fingerprint density at radius 2 is 1.93 bits per heavy atom. The molecule has 0 bridgehead atoms. The highest BCUT2D eigenvalue weighted by Crippen LogP contribution is 2.55. The first kappa shape index (κ1) is 22.4. The molecule has 29 heavy (non-hydrogen) atoms. The molecule has 3 saturated heterocycles. The highest BCUT2D eigenvalue weighted by molar-refractivity contribution is 5.90. The van der Waals surface area contributed by atoms with E-state index in [1.165, 1.54) is 19.1 Å². The lowest BCUT2D eigenvalue weighted by Crippen LogP contribution is -2.70. The number of carbonyl (C=O) groups excluding carboxylic acids is 2. The molecule has 3 fully saturated rings. The largest absolute Gasteiger partial charge is 0.469 e. The van der Waals surface area contributed by atoms with Crippen molar-refractivity contribution in [2.24, 2.45) is 11.3 Å². The maximum atomic E-state index is 12.7. The molecule has 3 N–H and O–H groups in total. The summed E-state index contributed by atoms with van der Waals surface area (Å²) in [6, 6.07) is -1.46. The standard InChI is InChI=1S/C19H31NO9/c1-18(2)28-7-10(29-18)13(23)14(24)12-9(6-11(22)26-4)19(3,8-21)16-15(27-5)17(25)20(12)16/h9-10,12-16,21,23-24H,6-8H2,1-5H3/t9?,10-,12+,13+,14-,15+,16+,19+/m1/s1. The number of hydrogen-bond acceptors (Lipinski definition) is 9. The quantitative estimate of drug-likeness (QED) is 0.339. The van der Waals surface area contributed by atoms with Crippen LogP contribution in [-0.4, -0.2) is 102 Å². The van der Waals surface area contributed by atoms with Gasteiger partial charge in [-0.15, -0.1) is 0 Å². The molecule has 10 heteroatoms. The lowest BCUT2D eigenvalue weighted by molar-refractivity contribution is -0.187. The van der Waals surface area contributed by atoms with Gasteiger partial charge in [-0.1, -0.05) is 6.92 Å². The Balaban J connectivity index is 1.93. The van der Waals surface area contributed by atoms with Crippen LogP contribution in [0.15, 0.2) is 0 Å². The average Bonchev–Trinajstić information content (AvgIpc) is 3.15. The van der Waals surface area contributed by atoms with Crippen molar-refractivity contribution in [3.63, 3.8) is 0 Å². The molecule has 3 aliphatic rings. The van der Waals surface area contributed by atoms with Gasteiger partial charge in [0.15, 0.2) is 11.9 Å². The highest BCUT2D eigenvalue weighted by Gasteiger charge is 2.70. The summed E-state index contributed by atoms with van der Waals surface area (Å²) in [6.07, 6.45) is -4.51. The SMILES string of the molecule is COC(=O)CC1[C@@H]([C@@H](O)[C@@H](O)[C@H]2COC(C)(C)O2)N2C(=O)[C@@H](OC)[C@H]2[C@@]1(C)CO. The Morgan fingerprint density at radius 1 is 1.28 bits per heavy atom. The monoisotopic (exact) mass is 417 g/mol. The Labute approximate surface area is 169 Å². The van der Waals surface area contributed by atoms with Crippen LogP contribution in [0, 0.1) is 11.3 Å². The summed E-state index contributed by atoms with van der Waals surface area (Å²) >= 11 is 0. The van der Waals surface area contributed by atoms with Crippen molar-refractivity contribution in [1.82, 2.24) is 4.90 Å². The maximum absolute atomic E-state index is 12.7. The minimum Gasteiger partial charge on any atom is -0.469 e. The average molecular weight is 417 g/mol. The van der Waals surface area contributed by atoms with Gasteiger partial charge in [0.25, 0.3) is 5.91 Å². The van der Waals surface area contributed by atoms with Gasteiger partial charge in [0.05, 0.1) is 38.8 Å². The predicted octanol–water partition coefficient (Wildman–Crippen LogP) is -1.35. The molecular weight excluding hydrogens is 386 g/mol. The van der Waals surface area contributed by atoms with Crippen LogP contribution in [0.4, 0.5) is 0 Å². The molecule has 0 aliphatic carbocycles. The zero-order chi connectivity index (χ0) is 21.7. The minimum absolute atomic E-state index is 0.0783. The molecule has 166 valence electrons. The van der Waals surface area contributed by atoms with E-state index in [1.807, 2.05) is 0 Å². The highest BCUT2D eigenvalue weighted by atomic mass is 16.7. The van der Waals surface area contributed by atoms with Crippen LogP contribution in [0.25, 0.3) is 0 Å². The van der Waals surface area contributed by atoms with Gasteiger partial charge >= 0.3 is 5.97 Å². The summed E-state index contributed by atoms with van der Waals surface area (Å²) in [5, 5.41) is 32.1. The van der Waals surface area contributed by atoms with Crippen LogP contribution in [-0.2, 0) is 28.5 Å². The fraction of sp³-hybridized carbons (Fsp3) is 0.895. The van der Waals surface area contributed by atoms with Gasteiger partial charge < -0.3 is 39.2 Å². The Hall–Kier alpha value is -1.30. The van der Waals surface area contributed by atoms with Gasteiger partial charge in [-0.2, -0.15) is 0 Å². The number of rotatable bonds is 7. The van der Waals surface area contributed by atoms with Crippen LogP contribution < -0.4 is 0 Å². The number of aliphatic hydroxyl groups excluding tert-OH is 3. The molecule has 0 saturated carbocycles. The van der Waals surface area contributed by atoms with E-state index in [0.29, 0.717) is 0 Å². The van der Waals surface area contributed by atoms with Gasteiger partial charge in [-0.3, -0.25) is 9.59 Å². The van der Waals surface area contributed by atoms with Gasteiger partial charge in [-0.05, 0) is 13.8 Å². The summed E-state index contributed by atoms with van der Waals surface area (Å²) < 4.78 is 21.2. The van der Waals surface area contributed by atoms with Gasteiger partial charge in [0, 0.05) is 18.4 Å². The molecule has 1 unspecified atom stereocenters. The summed E-state index contributed by atoms with van der Waals surface area (Å²) in [5.74, 6) is -2.45. The first-order valence-corrected chi connectivity index (χ1v) is 9.73. The van der Waals surface area contributed by atoms with Crippen LogP contribution in [0.2, 0.25) is 0 Å². The minimum atomic E-state index is -1.43. The molecule has 10 nitrogen and oxygen atoms in total. The summed E-state index contributed by atoms with van der Waals surface area (Å²) in [6.45, 7) is 4.88. The number of amides is 1. The van der Waals surface area contributed by atoms with E-state index < -0.39 is 59.6 Å². The molecule has 8 atom stereocenters. The van der Waals surface area contributed by atoms with E-state index in [4.69, 9.17) is 18.9 Å². The van der Waals surface area contributed by atoms with E-state index in [0.717, 1.165) is 0 Å². The Morgan fingerprint density at radius 3 is 2.41 bits per heavy atom. The van der Waals surface area contributed by atoms with E-state index >= 15 is 0 Å². The van der Waals surface area contributed by atoms with Crippen molar-refractivity contribution in [2.75, 3.05) is 27.4 Å². The van der Waals surface area contributed by atoms with Crippen molar-refractivity contribution in [1.29, 1.82) is 0 Å². The third kappa shape index (κ3) is 3.45. The fourth-order valence-electron chi connectivity index (χ4n) is 5.05. The molecule has 0 aromatic rings. The number of fused-ring (bicyclic) bond motifs is 1. The van der Waals surface area contributed by atoms with Crippen LogP contribution >= 0.6 is 0 Å². The number of β-lactam (4-membered cyclic amide) rings is 1.